The van der Waals surface area contributed by atoms with E-state index in [4.69, 9.17) is 11.1 Å². The fourth-order valence-corrected chi connectivity index (χ4v) is 2.33. The Kier molecular flexibility index (Phi) is 3.55. The van der Waals surface area contributed by atoms with E-state index in [1.807, 2.05) is 5.38 Å². The van der Waals surface area contributed by atoms with Gasteiger partial charge in [0.2, 0.25) is 0 Å². The number of rotatable bonds is 2. The number of nitrogens with two attached hydrogens (primary N) is 1. The molecule has 0 aliphatic rings. The van der Waals surface area contributed by atoms with Crippen molar-refractivity contribution in [1.29, 1.82) is 5.41 Å². The van der Waals surface area contributed by atoms with Crippen LogP contribution < -0.4 is 5.73 Å². The predicted octanol–water partition coefficient (Wildman–Crippen LogP) is 2.57. The molecule has 0 aromatic carbocycles. The molecule has 0 fully saturated rings. The molecule has 0 radical (unpaired) electrons. The van der Waals surface area contributed by atoms with Gasteiger partial charge in [0, 0.05) is 16.5 Å². The van der Waals surface area contributed by atoms with Crippen LogP contribution in [0.1, 0.15) is 31.5 Å². The highest BCUT2D eigenvalue weighted by Crippen LogP contribution is 2.26. The molecule has 14 heavy (non-hydrogen) atoms. The SMILES string of the molecule is CC(C)(C)c1nc(CSC(=N)N)cs1. The fourth-order valence-electron chi connectivity index (χ4n) is 0.869. The first-order valence-corrected chi connectivity index (χ1v) is 6.18. The molecule has 0 amide bonds. The third kappa shape index (κ3) is 3.31. The lowest BCUT2D eigenvalue weighted by molar-refractivity contribution is 0.584. The van der Waals surface area contributed by atoms with Crippen LogP contribution in [0, 0.1) is 5.41 Å². The number of amidine groups is 1. The zero-order chi connectivity index (χ0) is 10.8. The van der Waals surface area contributed by atoms with Crippen molar-refractivity contribution in [2.45, 2.75) is 31.9 Å². The van der Waals surface area contributed by atoms with Gasteiger partial charge >= 0.3 is 0 Å². The van der Waals surface area contributed by atoms with Crippen LogP contribution in [0.4, 0.5) is 0 Å². The van der Waals surface area contributed by atoms with Gasteiger partial charge in [-0.3, -0.25) is 5.41 Å². The minimum Gasteiger partial charge on any atom is -0.379 e. The fraction of sp³-hybridized carbons (Fsp3) is 0.556. The second-order valence-electron chi connectivity index (χ2n) is 4.05. The monoisotopic (exact) mass is 229 g/mol. The second kappa shape index (κ2) is 4.31. The zero-order valence-electron chi connectivity index (χ0n) is 8.63. The van der Waals surface area contributed by atoms with Crippen LogP contribution >= 0.6 is 23.1 Å². The van der Waals surface area contributed by atoms with Crippen LogP contribution in [0.3, 0.4) is 0 Å². The Labute approximate surface area is 92.6 Å². The van der Waals surface area contributed by atoms with Gasteiger partial charge < -0.3 is 5.73 Å². The molecular weight excluding hydrogens is 214 g/mol. The molecule has 0 unspecified atom stereocenters. The topological polar surface area (TPSA) is 62.8 Å². The van der Waals surface area contributed by atoms with E-state index >= 15 is 0 Å². The van der Waals surface area contributed by atoms with Gasteiger partial charge in [0.15, 0.2) is 5.17 Å². The lowest BCUT2D eigenvalue weighted by Crippen LogP contribution is -2.10. The summed E-state index contributed by atoms with van der Waals surface area (Å²) < 4.78 is 0. The number of aromatic nitrogens is 1. The van der Waals surface area contributed by atoms with Crippen LogP contribution in [0.2, 0.25) is 0 Å². The average Bonchev–Trinajstić information content (AvgIpc) is 2.47. The molecule has 5 heteroatoms. The van der Waals surface area contributed by atoms with Gasteiger partial charge in [-0.25, -0.2) is 4.98 Å². The molecule has 0 saturated carbocycles. The molecule has 0 aliphatic heterocycles. The van der Waals surface area contributed by atoms with E-state index in [0.717, 1.165) is 10.7 Å². The van der Waals surface area contributed by atoms with Crippen LogP contribution in [0.25, 0.3) is 0 Å². The van der Waals surface area contributed by atoms with Crippen molar-refractivity contribution in [3.05, 3.63) is 16.1 Å². The molecule has 0 bridgehead atoms. The summed E-state index contributed by atoms with van der Waals surface area (Å²) >= 11 is 2.99. The average molecular weight is 229 g/mol. The van der Waals surface area contributed by atoms with Gasteiger partial charge in [-0.1, -0.05) is 32.5 Å². The van der Waals surface area contributed by atoms with Crippen molar-refractivity contribution in [2.24, 2.45) is 5.73 Å². The maximum atomic E-state index is 7.09. The molecule has 1 rings (SSSR count). The van der Waals surface area contributed by atoms with Crippen molar-refractivity contribution in [1.82, 2.24) is 4.98 Å². The highest BCUT2D eigenvalue weighted by molar-refractivity contribution is 8.13. The number of nitrogens with one attached hydrogen (secondary N) is 1. The molecule has 3 nitrogen and oxygen atoms in total. The summed E-state index contributed by atoms with van der Waals surface area (Å²) in [5.41, 5.74) is 6.38. The third-order valence-corrected chi connectivity index (χ3v) is 3.64. The molecule has 0 spiro atoms. The van der Waals surface area contributed by atoms with Gasteiger partial charge in [0.25, 0.3) is 0 Å². The summed E-state index contributed by atoms with van der Waals surface area (Å²) in [6.07, 6.45) is 0. The molecule has 1 aromatic rings. The first-order chi connectivity index (χ1) is 6.39. The lowest BCUT2D eigenvalue weighted by Gasteiger charge is -2.13. The minimum absolute atomic E-state index is 0.115. The molecule has 78 valence electrons. The Morgan fingerprint density at radius 2 is 2.29 bits per heavy atom. The van der Waals surface area contributed by atoms with Crippen molar-refractivity contribution < 1.29 is 0 Å². The summed E-state index contributed by atoms with van der Waals surface area (Å²) in [7, 11) is 0. The smallest absolute Gasteiger partial charge is 0.151 e. The molecule has 0 saturated heterocycles. The first-order valence-electron chi connectivity index (χ1n) is 4.31. The number of thioether (sulfide) groups is 1. The highest BCUT2D eigenvalue weighted by Gasteiger charge is 2.17. The van der Waals surface area contributed by atoms with Crippen molar-refractivity contribution in [3.8, 4) is 0 Å². The quantitative estimate of drug-likeness (QED) is 0.605. The van der Waals surface area contributed by atoms with Crippen LogP contribution in [0.5, 0.6) is 0 Å². The van der Waals surface area contributed by atoms with E-state index in [1.165, 1.54) is 11.8 Å². The van der Waals surface area contributed by atoms with Crippen molar-refractivity contribution >= 4 is 28.3 Å². The summed E-state index contributed by atoms with van der Waals surface area (Å²) in [5.74, 6) is 0.696. The summed E-state index contributed by atoms with van der Waals surface area (Å²) in [6, 6.07) is 0. The van der Waals surface area contributed by atoms with E-state index in [0.29, 0.717) is 5.75 Å². The number of hydrogen-bond donors (Lipinski definition) is 2. The highest BCUT2D eigenvalue weighted by atomic mass is 32.2. The maximum absolute atomic E-state index is 7.09. The van der Waals surface area contributed by atoms with E-state index in [-0.39, 0.29) is 10.6 Å². The Morgan fingerprint density at radius 3 is 2.71 bits per heavy atom. The van der Waals surface area contributed by atoms with E-state index in [1.54, 1.807) is 11.3 Å². The molecule has 1 heterocycles. The number of hydrogen-bond acceptors (Lipinski definition) is 4. The Morgan fingerprint density at radius 1 is 1.64 bits per heavy atom. The summed E-state index contributed by atoms with van der Waals surface area (Å²) in [4.78, 5) is 4.50. The Balaban J connectivity index is 2.64. The molecule has 1 aromatic heterocycles. The van der Waals surface area contributed by atoms with E-state index < -0.39 is 0 Å². The second-order valence-corrected chi connectivity index (χ2v) is 5.92. The normalized spacial score (nSPS) is 11.6. The largest absolute Gasteiger partial charge is 0.379 e. The zero-order valence-corrected chi connectivity index (χ0v) is 10.3. The first kappa shape index (κ1) is 11.5. The van der Waals surface area contributed by atoms with Crippen LogP contribution in [-0.4, -0.2) is 10.2 Å². The van der Waals surface area contributed by atoms with Gasteiger partial charge in [0.05, 0.1) is 10.7 Å². The van der Waals surface area contributed by atoms with E-state index in [9.17, 15) is 0 Å². The van der Waals surface area contributed by atoms with E-state index in [2.05, 4.69) is 25.8 Å². The number of thiazole rings is 1. The van der Waals surface area contributed by atoms with Gasteiger partial charge in [-0.15, -0.1) is 11.3 Å². The third-order valence-electron chi connectivity index (χ3n) is 1.57. The Bertz CT molecular complexity index is 325. The molecule has 3 N–H and O–H groups in total. The van der Waals surface area contributed by atoms with Crippen LogP contribution in [0.15, 0.2) is 5.38 Å². The van der Waals surface area contributed by atoms with Gasteiger partial charge in [-0.2, -0.15) is 0 Å². The number of nitrogens with zero attached hydrogens (tertiary/aromatic N) is 1. The van der Waals surface area contributed by atoms with Crippen molar-refractivity contribution in [3.63, 3.8) is 0 Å². The lowest BCUT2D eigenvalue weighted by atomic mass is 9.98. The molecule has 0 atom stereocenters. The minimum atomic E-state index is 0.115. The standard InChI is InChI=1S/C9H15N3S2/c1-9(2,3)7-12-6(4-13-7)5-14-8(10)11/h4H,5H2,1-3H3,(H3,10,11). The summed E-state index contributed by atoms with van der Waals surface area (Å²) in [6.45, 7) is 6.44. The van der Waals surface area contributed by atoms with Gasteiger partial charge in [0.1, 0.15) is 0 Å². The molecule has 0 aliphatic carbocycles. The van der Waals surface area contributed by atoms with Crippen LogP contribution in [-0.2, 0) is 11.2 Å². The molecular formula is C9H15N3S2. The predicted molar refractivity (Wildman–Crippen MR) is 64.0 cm³/mol. The summed E-state index contributed by atoms with van der Waals surface area (Å²) in [5, 5.41) is 10.4. The maximum Gasteiger partial charge on any atom is 0.151 e. The Hall–Kier alpha value is -0.550. The van der Waals surface area contributed by atoms with Gasteiger partial charge in [-0.05, 0) is 0 Å². The van der Waals surface area contributed by atoms with Crippen molar-refractivity contribution in [2.75, 3.05) is 0 Å².